The third-order valence-corrected chi connectivity index (χ3v) is 7.22. The minimum absolute atomic E-state index is 0.0973. The number of phenolic OH excluding ortho intramolecular Hbond substituents is 1. The molecule has 41 heavy (non-hydrogen) atoms. The number of anilines is 2. The number of aromatic hydroxyl groups is 1. The molecule has 0 fully saturated rings. The molecule has 0 aliphatic heterocycles. The van der Waals surface area contributed by atoms with Crippen LogP contribution in [0.2, 0.25) is 0 Å². The summed E-state index contributed by atoms with van der Waals surface area (Å²) in [6, 6.07) is 42.1. The second-order valence-corrected chi connectivity index (χ2v) is 9.77. The van der Waals surface area contributed by atoms with Crippen molar-refractivity contribution in [3.63, 3.8) is 0 Å². The van der Waals surface area contributed by atoms with Gasteiger partial charge in [0.1, 0.15) is 0 Å². The van der Waals surface area contributed by atoms with Crippen LogP contribution in [0.4, 0.5) is 11.4 Å². The van der Waals surface area contributed by atoms with E-state index >= 15 is 0 Å². The normalized spacial score (nSPS) is 11.1. The number of para-hydroxylation sites is 3. The van der Waals surface area contributed by atoms with Gasteiger partial charge in [0.05, 0.1) is 40.9 Å². The van der Waals surface area contributed by atoms with E-state index in [2.05, 4.69) is 47.8 Å². The van der Waals surface area contributed by atoms with Crippen molar-refractivity contribution in [1.82, 2.24) is 14.8 Å². The summed E-state index contributed by atoms with van der Waals surface area (Å²) >= 11 is 0. The summed E-state index contributed by atoms with van der Waals surface area (Å²) < 4.78 is 7.29. The number of aromatic nitrogens is 3. The zero-order valence-corrected chi connectivity index (χ0v) is 22.3. The van der Waals surface area contributed by atoms with Gasteiger partial charge in [0.25, 0.3) is 0 Å². The van der Waals surface area contributed by atoms with Crippen molar-refractivity contribution in [2.75, 3.05) is 12.4 Å². The van der Waals surface area contributed by atoms with Crippen molar-refractivity contribution in [3.8, 4) is 39.7 Å². The molecule has 0 bridgehead atoms. The standard InChI is InChI=1S/C35H26N4O2/c1-41-34-21-24(17-20-33(34)40)32-22-31(38-39(32)26-9-3-2-4-10-26)23-15-18-25(19-16-23)36-35-27-11-5-7-13-29(27)37-30-14-8-6-12-28(30)35/h2-22,40H,1H3,(H,36,37). The molecule has 0 spiro atoms. The highest BCUT2D eigenvalue weighted by molar-refractivity contribution is 6.08. The van der Waals surface area contributed by atoms with Crippen LogP contribution in [-0.2, 0) is 0 Å². The maximum Gasteiger partial charge on any atom is 0.161 e. The molecular weight excluding hydrogens is 508 g/mol. The van der Waals surface area contributed by atoms with Gasteiger partial charge in [0.15, 0.2) is 11.5 Å². The van der Waals surface area contributed by atoms with Gasteiger partial charge in [-0.15, -0.1) is 0 Å². The molecule has 6 nitrogen and oxygen atoms in total. The second kappa shape index (κ2) is 10.2. The van der Waals surface area contributed by atoms with Crippen molar-refractivity contribution in [2.45, 2.75) is 0 Å². The molecule has 0 unspecified atom stereocenters. The number of benzene rings is 5. The second-order valence-electron chi connectivity index (χ2n) is 9.77. The van der Waals surface area contributed by atoms with Gasteiger partial charge in [0, 0.05) is 27.6 Å². The summed E-state index contributed by atoms with van der Waals surface area (Å²) in [6.45, 7) is 0. The van der Waals surface area contributed by atoms with Crippen LogP contribution in [0.15, 0.2) is 127 Å². The Morgan fingerprint density at radius 2 is 1.32 bits per heavy atom. The third-order valence-electron chi connectivity index (χ3n) is 7.22. The molecule has 2 heterocycles. The lowest BCUT2D eigenvalue weighted by molar-refractivity contribution is 0.373. The molecule has 0 radical (unpaired) electrons. The first-order valence-corrected chi connectivity index (χ1v) is 13.4. The van der Waals surface area contributed by atoms with Crippen LogP contribution in [0.25, 0.3) is 50.0 Å². The molecule has 5 aromatic carbocycles. The van der Waals surface area contributed by atoms with E-state index in [1.54, 1.807) is 13.2 Å². The quantitative estimate of drug-likeness (QED) is 0.210. The number of nitrogens with one attached hydrogen (secondary N) is 1. The largest absolute Gasteiger partial charge is 0.504 e. The van der Waals surface area contributed by atoms with E-state index in [1.165, 1.54) is 0 Å². The Labute approximate surface area is 237 Å². The van der Waals surface area contributed by atoms with Crippen LogP contribution < -0.4 is 10.1 Å². The van der Waals surface area contributed by atoms with Gasteiger partial charge in [-0.1, -0.05) is 66.7 Å². The van der Waals surface area contributed by atoms with E-state index in [0.29, 0.717) is 5.75 Å². The maximum absolute atomic E-state index is 10.1. The van der Waals surface area contributed by atoms with Crippen LogP contribution in [0.5, 0.6) is 11.5 Å². The number of phenols is 1. The van der Waals surface area contributed by atoms with Gasteiger partial charge < -0.3 is 15.2 Å². The van der Waals surface area contributed by atoms with Crippen molar-refractivity contribution < 1.29 is 9.84 Å². The van der Waals surface area contributed by atoms with Gasteiger partial charge in [-0.2, -0.15) is 5.10 Å². The number of nitrogens with zero attached hydrogens (tertiary/aromatic N) is 3. The minimum atomic E-state index is 0.0973. The predicted molar refractivity (Wildman–Crippen MR) is 165 cm³/mol. The summed E-state index contributed by atoms with van der Waals surface area (Å²) in [5.41, 5.74) is 8.46. The van der Waals surface area contributed by atoms with Gasteiger partial charge in [-0.25, -0.2) is 9.67 Å². The molecule has 0 aliphatic carbocycles. The summed E-state index contributed by atoms with van der Waals surface area (Å²) in [7, 11) is 1.55. The number of rotatable bonds is 6. The third kappa shape index (κ3) is 4.51. The molecule has 0 amide bonds. The van der Waals surface area contributed by atoms with Gasteiger partial charge in [-0.3, -0.25) is 0 Å². The average Bonchev–Trinajstić information content (AvgIpc) is 3.47. The van der Waals surface area contributed by atoms with Crippen molar-refractivity contribution in [2.24, 2.45) is 0 Å². The summed E-state index contributed by atoms with van der Waals surface area (Å²) in [6.07, 6.45) is 0. The monoisotopic (exact) mass is 534 g/mol. The topological polar surface area (TPSA) is 72.2 Å². The zero-order valence-electron chi connectivity index (χ0n) is 22.3. The van der Waals surface area contributed by atoms with E-state index in [1.807, 2.05) is 83.5 Å². The number of hydrogen-bond donors (Lipinski definition) is 2. The Bertz CT molecular complexity index is 1960. The van der Waals surface area contributed by atoms with Crippen molar-refractivity contribution in [1.29, 1.82) is 0 Å². The van der Waals surface area contributed by atoms with Crippen LogP contribution in [0.3, 0.4) is 0 Å². The first kappa shape index (κ1) is 24.4. The molecule has 2 N–H and O–H groups in total. The summed E-state index contributed by atoms with van der Waals surface area (Å²) in [5.74, 6) is 0.511. The Kier molecular flexibility index (Phi) is 6.06. The Morgan fingerprint density at radius 3 is 2.00 bits per heavy atom. The molecule has 0 atom stereocenters. The first-order chi connectivity index (χ1) is 20.2. The zero-order chi connectivity index (χ0) is 27.8. The first-order valence-electron chi connectivity index (χ1n) is 13.4. The Morgan fingerprint density at radius 1 is 0.683 bits per heavy atom. The van der Waals surface area contributed by atoms with Crippen LogP contribution >= 0.6 is 0 Å². The molecule has 2 aromatic heterocycles. The molecular formula is C35H26N4O2. The number of methoxy groups -OCH3 is 1. The van der Waals surface area contributed by atoms with E-state index in [-0.39, 0.29) is 5.75 Å². The Balaban J connectivity index is 1.28. The minimum Gasteiger partial charge on any atom is -0.504 e. The van der Waals surface area contributed by atoms with Crippen molar-refractivity contribution >= 4 is 33.2 Å². The van der Waals surface area contributed by atoms with Gasteiger partial charge in [0.2, 0.25) is 0 Å². The van der Waals surface area contributed by atoms with E-state index in [0.717, 1.165) is 61.4 Å². The fourth-order valence-corrected chi connectivity index (χ4v) is 5.17. The number of pyridine rings is 1. The van der Waals surface area contributed by atoms with Crippen LogP contribution in [0, 0.1) is 0 Å². The highest BCUT2D eigenvalue weighted by Crippen LogP contribution is 2.36. The lowest BCUT2D eigenvalue weighted by Crippen LogP contribution is -1.99. The van der Waals surface area contributed by atoms with E-state index < -0.39 is 0 Å². The fourth-order valence-electron chi connectivity index (χ4n) is 5.17. The Hall–Kier alpha value is -5.62. The molecule has 7 rings (SSSR count). The SMILES string of the molecule is COc1cc(-c2cc(-c3ccc(Nc4c5ccccc5nc5ccccc45)cc3)nn2-c2ccccc2)ccc1O. The van der Waals surface area contributed by atoms with Gasteiger partial charge in [-0.05, 0) is 60.7 Å². The fraction of sp³-hybridized carbons (Fsp3) is 0.0286. The van der Waals surface area contributed by atoms with Gasteiger partial charge >= 0.3 is 0 Å². The average molecular weight is 535 g/mol. The molecule has 7 aromatic rings. The predicted octanol–water partition coefficient (Wildman–Crippen LogP) is 8.37. The highest BCUT2D eigenvalue weighted by atomic mass is 16.5. The molecule has 0 aliphatic rings. The molecule has 198 valence electrons. The van der Waals surface area contributed by atoms with Crippen LogP contribution in [-0.4, -0.2) is 27.0 Å². The lowest BCUT2D eigenvalue weighted by Gasteiger charge is -2.13. The summed E-state index contributed by atoms with van der Waals surface area (Å²) in [4.78, 5) is 4.84. The smallest absolute Gasteiger partial charge is 0.161 e. The molecule has 0 saturated heterocycles. The van der Waals surface area contributed by atoms with Crippen molar-refractivity contribution in [3.05, 3.63) is 127 Å². The summed E-state index contributed by atoms with van der Waals surface area (Å²) in [5, 5.41) is 20.9. The lowest BCUT2D eigenvalue weighted by atomic mass is 10.1. The molecule has 6 heteroatoms. The van der Waals surface area contributed by atoms with Crippen LogP contribution in [0.1, 0.15) is 0 Å². The number of ether oxygens (including phenoxy) is 1. The number of hydrogen-bond acceptors (Lipinski definition) is 5. The molecule has 0 saturated carbocycles. The van der Waals surface area contributed by atoms with E-state index in [9.17, 15) is 5.11 Å². The number of fused-ring (bicyclic) bond motifs is 2. The highest BCUT2D eigenvalue weighted by Gasteiger charge is 2.16. The van der Waals surface area contributed by atoms with E-state index in [4.69, 9.17) is 14.8 Å². The maximum atomic E-state index is 10.1.